The standard InChI is InChI=1S/C10H11Cl2N/c11-8-4-3-7(6-9(8)12)10-2-1-5-13-10/h3-4,6,10,13H,1-2,5H2. The zero-order valence-electron chi connectivity index (χ0n) is 7.19. The summed E-state index contributed by atoms with van der Waals surface area (Å²) in [5.41, 5.74) is 1.24. The molecule has 0 amide bonds. The van der Waals surface area contributed by atoms with Crippen LogP contribution in [0, 0.1) is 0 Å². The quantitative estimate of drug-likeness (QED) is 0.758. The fourth-order valence-electron chi connectivity index (χ4n) is 1.70. The van der Waals surface area contributed by atoms with Gasteiger partial charge in [-0.15, -0.1) is 0 Å². The summed E-state index contributed by atoms with van der Waals surface area (Å²) in [6.07, 6.45) is 2.43. The van der Waals surface area contributed by atoms with E-state index in [9.17, 15) is 0 Å². The van der Waals surface area contributed by atoms with Gasteiger partial charge < -0.3 is 5.32 Å². The molecule has 0 aliphatic carbocycles. The first-order valence-electron chi connectivity index (χ1n) is 4.46. The summed E-state index contributed by atoms with van der Waals surface area (Å²) in [7, 11) is 0. The molecule has 0 saturated carbocycles. The van der Waals surface area contributed by atoms with E-state index in [4.69, 9.17) is 23.2 Å². The molecule has 0 aromatic heterocycles. The van der Waals surface area contributed by atoms with Crippen molar-refractivity contribution in [2.75, 3.05) is 6.54 Å². The van der Waals surface area contributed by atoms with Gasteiger partial charge in [0.15, 0.2) is 0 Å². The van der Waals surface area contributed by atoms with Crippen molar-refractivity contribution in [2.45, 2.75) is 18.9 Å². The fraction of sp³-hybridized carbons (Fsp3) is 0.400. The van der Waals surface area contributed by atoms with Gasteiger partial charge in [-0.25, -0.2) is 0 Å². The van der Waals surface area contributed by atoms with Crippen molar-refractivity contribution < 1.29 is 0 Å². The van der Waals surface area contributed by atoms with Gasteiger partial charge >= 0.3 is 0 Å². The van der Waals surface area contributed by atoms with E-state index >= 15 is 0 Å². The zero-order chi connectivity index (χ0) is 9.26. The summed E-state index contributed by atoms with van der Waals surface area (Å²) in [6, 6.07) is 6.32. The van der Waals surface area contributed by atoms with Crippen molar-refractivity contribution in [3.63, 3.8) is 0 Å². The van der Waals surface area contributed by atoms with Crippen LogP contribution in [0.4, 0.5) is 0 Å². The first-order valence-corrected chi connectivity index (χ1v) is 5.21. The summed E-state index contributed by atoms with van der Waals surface area (Å²) >= 11 is 11.8. The SMILES string of the molecule is Clc1ccc(C2CCCN2)cc1Cl. The second-order valence-corrected chi connectivity index (χ2v) is 4.14. The van der Waals surface area contributed by atoms with Crippen LogP contribution in [-0.4, -0.2) is 6.54 Å². The molecule has 0 spiro atoms. The average Bonchev–Trinajstić information content (AvgIpc) is 2.62. The molecular weight excluding hydrogens is 205 g/mol. The molecule has 1 aliphatic rings. The zero-order valence-corrected chi connectivity index (χ0v) is 8.70. The minimum atomic E-state index is 0.467. The first kappa shape index (κ1) is 9.32. The normalized spacial score (nSPS) is 22.2. The molecule has 1 heterocycles. The number of hydrogen-bond donors (Lipinski definition) is 1. The Balaban J connectivity index is 2.25. The Hall–Kier alpha value is -0.240. The second-order valence-electron chi connectivity index (χ2n) is 3.32. The van der Waals surface area contributed by atoms with Gasteiger partial charge in [0.05, 0.1) is 10.0 Å². The highest BCUT2D eigenvalue weighted by Gasteiger charge is 2.16. The minimum Gasteiger partial charge on any atom is -0.310 e. The van der Waals surface area contributed by atoms with Crippen LogP contribution in [0.25, 0.3) is 0 Å². The van der Waals surface area contributed by atoms with Crippen LogP contribution in [0.15, 0.2) is 18.2 Å². The molecule has 0 bridgehead atoms. The molecule has 1 atom stereocenters. The van der Waals surface area contributed by atoms with Crippen LogP contribution in [0.2, 0.25) is 10.0 Å². The Labute approximate surface area is 88.0 Å². The minimum absolute atomic E-state index is 0.467. The second kappa shape index (κ2) is 3.87. The third-order valence-electron chi connectivity index (χ3n) is 2.41. The van der Waals surface area contributed by atoms with Crippen LogP contribution in [0.3, 0.4) is 0 Å². The number of benzene rings is 1. The lowest BCUT2D eigenvalue weighted by Crippen LogP contribution is -2.12. The van der Waals surface area contributed by atoms with Gasteiger partial charge in [-0.1, -0.05) is 29.3 Å². The van der Waals surface area contributed by atoms with Crippen molar-refractivity contribution in [1.82, 2.24) is 5.32 Å². The van der Waals surface area contributed by atoms with E-state index in [2.05, 4.69) is 5.32 Å². The molecule has 2 rings (SSSR count). The largest absolute Gasteiger partial charge is 0.310 e. The molecule has 70 valence electrons. The predicted octanol–water partition coefficient (Wildman–Crippen LogP) is 3.42. The maximum atomic E-state index is 5.93. The van der Waals surface area contributed by atoms with E-state index in [0.29, 0.717) is 16.1 Å². The lowest BCUT2D eigenvalue weighted by atomic mass is 10.1. The van der Waals surface area contributed by atoms with Crippen molar-refractivity contribution in [2.24, 2.45) is 0 Å². The van der Waals surface area contributed by atoms with E-state index in [-0.39, 0.29) is 0 Å². The lowest BCUT2D eigenvalue weighted by Gasteiger charge is -2.10. The summed E-state index contributed by atoms with van der Waals surface area (Å²) < 4.78 is 0. The van der Waals surface area contributed by atoms with E-state index in [0.717, 1.165) is 6.54 Å². The summed E-state index contributed by atoms with van der Waals surface area (Å²) in [4.78, 5) is 0. The van der Waals surface area contributed by atoms with Crippen molar-refractivity contribution in [3.8, 4) is 0 Å². The molecule has 1 aromatic carbocycles. The van der Waals surface area contributed by atoms with Gasteiger partial charge in [0.25, 0.3) is 0 Å². The number of halogens is 2. The van der Waals surface area contributed by atoms with E-state index in [1.807, 2.05) is 18.2 Å². The summed E-state index contributed by atoms with van der Waals surface area (Å²) in [5, 5.41) is 4.69. The molecule has 1 saturated heterocycles. The molecular formula is C10H11Cl2N. The molecule has 1 unspecified atom stereocenters. The van der Waals surface area contributed by atoms with Crippen LogP contribution < -0.4 is 5.32 Å². The van der Waals surface area contributed by atoms with Gasteiger partial charge in [0.1, 0.15) is 0 Å². The van der Waals surface area contributed by atoms with Crippen molar-refractivity contribution >= 4 is 23.2 Å². The molecule has 1 nitrogen and oxygen atoms in total. The molecule has 3 heteroatoms. The molecule has 1 aromatic rings. The molecule has 0 radical (unpaired) electrons. The molecule has 1 fully saturated rings. The number of rotatable bonds is 1. The Morgan fingerprint density at radius 2 is 2.08 bits per heavy atom. The maximum absolute atomic E-state index is 5.93. The number of nitrogens with one attached hydrogen (secondary N) is 1. The first-order chi connectivity index (χ1) is 6.27. The topological polar surface area (TPSA) is 12.0 Å². The average molecular weight is 216 g/mol. The Morgan fingerprint density at radius 1 is 1.23 bits per heavy atom. The molecule has 13 heavy (non-hydrogen) atoms. The van der Waals surface area contributed by atoms with Crippen LogP contribution >= 0.6 is 23.2 Å². The van der Waals surface area contributed by atoms with E-state index in [1.165, 1.54) is 18.4 Å². The van der Waals surface area contributed by atoms with E-state index in [1.54, 1.807) is 0 Å². The Bertz CT molecular complexity index is 306. The van der Waals surface area contributed by atoms with Crippen molar-refractivity contribution in [3.05, 3.63) is 33.8 Å². The highest BCUT2D eigenvalue weighted by atomic mass is 35.5. The van der Waals surface area contributed by atoms with Crippen LogP contribution in [0.5, 0.6) is 0 Å². The fourth-order valence-corrected chi connectivity index (χ4v) is 2.00. The molecule has 1 N–H and O–H groups in total. The van der Waals surface area contributed by atoms with E-state index < -0.39 is 0 Å². The van der Waals surface area contributed by atoms with Gasteiger partial charge in [0.2, 0.25) is 0 Å². The molecule has 1 aliphatic heterocycles. The third-order valence-corrected chi connectivity index (χ3v) is 3.15. The summed E-state index contributed by atoms with van der Waals surface area (Å²) in [6.45, 7) is 1.10. The van der Waals surface area contributed by atoms with Gasteiger partial charge in [-0.2, -0.15) is 0 Å². The smallest absolute Gasteiger partial charge is 0.0595 e. The van der Waals surface area contributed by atoms with Crippen LogP contribution in [-0.2, 0) is 0 Å². The summed E-state index contributed by atoms with van der Waals surface area (Å²) in [5.74, 6) is 0. The van der Waals surface area contributed by atoms with Gasteiger partial charge in [0, 0.05) is 6.04 Å². The predicted molar refractivity (Wildman–Crippen MR) is 56.4 cm³/mol. The monoisotopic (exact) mass is 215 g/mol. The third kappa shape index (κ3) is 1.98. The van der Waals surface area contributed by atoms with Gasteiger partial charge in [-0.3, -0.25) is 0 Å². The van der Waals surface area contributed by atoms with Crippen LogP contribution in [0.1, 0.15) is 24.4 Å². The highest BCUT2D eigenvalue weighted by Crippen LogP contribution is 2.29. The van der Waals surface area contributed by atoms with Crippen molar-refractivity contribution in [1.29, 1.82) is 0 Å². The Kier molecular flexibility index (Phi) is 2.77. The van der Waals surface area contributed by atoms with Gasteiger partial charge in [-0.05, 0) is 37.1 Å². The number of hydrogen-bond acceptors (Lipinski definition) is 1. The maximum Gasteiger partial charge on any atom is 0.0595 e. The lowest BCUT2D eigenvalue weighted by molar-refractivity contribution is 0.648. The Morgan fingerprint density at radius 3 is 2.69 bits per heavy atom. The highest BCUT2D eigenvalue weighted by molar-refractivity contribution is 6.42.